The topological polar surface area (TPSA) is 34.1 Å². The number of aromatic nitrogens is 1. The number of nitrogens with one attached hydrogen (secondary N) is 1. The molecule has 0 bridgehead atoms. The molecule has 0 radical (unpaired) electrons. The lowest BCUT2D eigenvalue weighted by atomic mass is 10.2. The van der Waals surface area contributed by atoms with Gasteiger partial charge in [-0.2, -0.15) is 0 Å². The Balaban J connectivity index is 2.05. The van der Waals surface area contributed by atoms with Crippen LogP contribution in [0, 0.1) is 0 Å². The van der Waals surface area contributed by atoms with Crippen molar-refractivity contribution in [3.8, 4) is 11.6 Å². The van der Waals surface area contributed by atoms with Crippen LogP contribution in [0.3, 0.4) is 0 Å². The average molecular weight is 356 g/mol. The molecule has 1 heterocycles. The number of pyridine rings is 1. The molecule has 3 nitrogen and oxygen atoms in total. The Morgan fingerprint density at radius 1 is 1.30 bits per heavy atom. The molecule has 1 aromatic heterocycles. The molecule has 0 saturated carbocycles. The van der Waals surface area contributed by atoms with E-state index in [-0.39, 0.29) is 0 Å². The van der Waals surface area contributed by atoms with Crippen molar-refractivity contribution in [2.75, 3.05) is 0 Å². The van der Waals surface area contributed by atoms with Gasteiger partial charge in [0.15, 0.2) is 0 Å². The minimum absolute atomic E-state index is 0.450. The number of nitrogens with zero attached hydrogens (tertiary/aromatic N) is 1. The third-order valence-corrected chi connectivity index (χ3v) is 3.43. The number of rotatable bonds is 5. The van der Waals surface area contributed by atoms with E-state index in [1.807, 2.05) is 24.3 Å². The van der Waals surface area contributed by atoms with Crippen LogP contribution in [0.4, 0.5) is 0 Å². The molecule has 1 aromatic carbocycles. The van der Waals surface area contributed by atoms with Crippen LogP contribution in [0.1, 0.15) is 19.4 Å². The van der Waals surface area contributed by atoms with Gasteiger partial charge in [-0.1, -0.05) is 47.4 Å². The first-order valence-electron chi connectivity index (χ1n) is 6.36. The molecule has 0 aliphatic heterocycles. The number of benzene rings is 1. The Hall–Kier alpha value is -1.10. The minimum atomic E-state index is 0.450. The fraction of sp³-hybridized carbons (Fsp3) is 0.267. The molecule has 0 fully saturated rings. The highest BCUT2D eigenvalue weighted by molar-refractivity contribution is 9.10. The number of ether oxygens (including phenoxy) is 1. The summed E-state index contributed by atoms with van der Waals surface area (Å²) in [5.41, 5.74) is 1.12. The second kappa shape index (κ2) is 7.07. The summed E-state index contributed by atoms with van der Waals surface area (Å²) in [6.45, 7) is 5.02. The molecule has 0 aliphatic rings. The summed E-state index contributed by atoms with van der Waals surface area (Å²) in [5.74, 6) is 1.11. The largest absolute Gasteiger partial charge is 0.437 e. The van der Waals surface area contributed by atoms with E-state index in [9.17, 15) is 0 Å². The quantitative estimate of drug-likeness (QED) is 0.837. The maximum atomic E-state index is 6.08. The molecule has 5 heteroatoms. The summed E-state index contributed by atoms with van der Waals surface area (Å²) < 4.78 is 6.59. The summed E-state index contributed by atoms with van der Waals surface area (Å²) in [6, 6.07) is 9.74. The molecule has 0 spiro atoms. The molecule has 0 atom stereocenters. The van der Waals surface area contributed by atoms with Gasteiger partial charge in [0.05, 0.1) is 5.02 Å². The zero-order valence-electron chi connectivity index (χ0n) is 11.4. The van der Waals surface area contributed by atoms with Crippen LogP contribution in [0.2, 0.25) is 5.02 Å². The molecule has 20 heavy (non-hydrogen) atoms. The Kier molecular flexibility index (Phi) is 5.40. The molecule has 0 aliphatic carbocycles. The maximum Gasteiger partial charge on any atom is 0.219 e. The third-order valence-electron chi connectivity index (χ3n) is 2.62. The highest BCUT2D eigenvalue weighted by Gasteiger charge is 2.05. The second-order valence-corrected chi connectivity index (χ2v) is 6.04. The van der Waals surface area contributed by atoms with Gasteiger partial charge in [-0.3, -0.25) is 0 Å². The Bertz CT molecular complexity index is 573. The zero-order chi connectivity index (χ0) is 14.5. The smallest absolute Gasteiger partial charge is 0.219 e. The van der Waals surface area contributed by atoms with E-state index in [0.717, 1.165) is 16.6 Å². The Morgan fingerprint density at radius 2 is 2.10 bits per heavy atom. The van der Waals surface area contributed by atoms with Gasteiger partial charge in [0.1, 0.15) is 5.75 Å². The predicted molar refractivity (Wildman–Crippen MR) is 85.4 cm³/mol. The van der Waals surface area contributed by atoms with Gasteiger partial charge in [-0.25, -0.2) is 4.98 Å². The monoisotopic (exact) mass is 354 g/mol. The number of hydrogen-bond acceptors (Lipinski definition) is 3. The van der Waals surface area contributed by atoms with Crippen molar-refractivity contribution in [3.05, 3.63) is 51.6 Å². The van der Waals surface area contributed by atoms with E-state index in [4.69, 9.17) is 16.3 Å². The average Bonchev–Trinajstić information content (AvgIpc) is 2.42. The van der Waals surface area contributed by atoms with Gasteiger partial charge in [-0.15, -0.1) is 0 Å². The van der Waals surface area contributed by atoms with Crippen LogP contribution in [0.5, 0.6) is 11.6 Å². The lowest BCUT2D eigenvalue weighted by molar-refractivity contribution is 0.462. The molecule has 0 amide bonds. The first kappa shape index (κ1) is 15.3. The van der Waals surface area contributed by atoms with Crippen molar-refractivity contribution < 1.29 is 4.74 Å². The first-order valence-corrected chi connectivity index (χ1v) is 7.53. The van der Waals surface area contributed by atoms with Crippen molar-refractivity contribution in [3.63, 3.8) is 0 Å². The molecule has 0 unspecified atom stereocenters. The lowest BCUT2D eigenvalue weighted by Gasteiger charge is -2.09. The molecule has 2 aromatic rings. The SMILES string of the molecule is CC(C)NCc1ccc(Oc2cc(Br)ccc2Cl)nc1. The van der Waals surface area contributed by atoms with E-state index < -0.39 is 0 Å². The van der Waals surface area contributed by atoms with Crippen molar-refractivity contribution in [1.82, 2.24) is 10.3 Å². The summed E-state index contributed by atoms with van der Waals surface area (Å²) in [7, 11) is 0. The highest BCUT2D eigenvalue weighted by atomic mass is 79.9. The fourth-order valence-electron chi connectivity index (χ4n) is 1.57. The van der Waals surface area contributed by atoms with E-state index in [1.54, 1.807) is 12.3 Å². The van der Waals surface area contributed by atoms with Gasteiger partial charge in [0, 0.05) is 29.3 Å². The van der Waals surface area contributed by atoms with Gasteiger partial charge in [0.2, 0.25) is 5.88 Å². The van der Waals surface area contributed by atoms with Gasteiger partial charge in [-0.05, 0) is 23.8 Å². The van der Waals surface area contributed by atoms with Crippen molar-refractivity contribution in [2.24, 2.45) is 0 Å². The highest BCUT2D eigenvalue weighted by Crippen LogP contribution is 2.31. The molecule has 2 rings (SSSR count). The van der Waals surface area contributed by atoms with Crippen LogP contribution in [0.15, 0.2) is 41.0 Å². The molecular weight excluding hydrogens is 340 g/mol. The molecular formula is C15H16BrClN2O. The van der Waals surface area contributed by atoms with Crippen LogP contribution in [-0.2, 0) is 6.54 Å². The molecule has 1 N–H and O–H groups in total. The Morgan fingerprint density at radius 3 is 2.75 bits per heavy atom. The van der Waals surface area contributed by atoms with Crippen LogP contribution >= 0.6 is 27.5 Å². The maximum absolute atomic E-state index is 6.08. The van der Waals surface area contributed by atoms with Gasteiger partial charge >= 0.3 is 0 Å². The summed E-state index contributed by atoms with van der Waals surface area (Å²) in [4.78, 5) is 4.29. The lowest BCUT2D eigenvalue weighted by Crippen LogP contribution is -2.21. The van der Waals surface area contributed by atoms with Crippen molar-refractivity contribution in [1.29, 1.82) is 0 Å². The van der Waals surface area contributed by atoms with Crippen molar-refractivity contribution >= 4 is 27.5 Å². The first-order chi connectivity index (χ1) is 9.54. The summed E-state index contributed by atoms with van der Waals surface area (Å²) in [5, 5.41) is 3.90. The van der Waals surface area contributed by atoms with E-state index in [1.165, 1.54) is 0 Å². The van der Waals surface area contributed by atoms with Gasteiger partial charge in [0.25, 0.3) is 0 Å². The van der Waals surface area contributed by atoms with Crippen LogP contribution in [-0.4, -0.2) is 11.0 Å². The van der Waals surface area contributed by atoms with E-state index >= 15 is 0 Å². The van der Waals surface area contributed by atoms with Gasteiger partial charge < -0.3 is 10.1 Å². The second-order valence-electron chi connectivity index (χ2n) is 4.72. The summed E-state index contributed by atoms with van der Waals surface area (Å²) >= 11 is 9.47. The van der Waals surface area contributed by atoms with Crippen LogP contribution in [0.25, 0.3) is 0 Å². The number of hydrogen-bond donors (Lipinski definition) is 1. The van der Waals surface area contributed by atoms with E-state index in [0.29, 0.717) is 22.7 Å². The predicted octanol–water partition coefficient (Wildman–Crippen LogP) is 4.79. The zero-order valence-corrected chi connectivity index (χ0v) is 13.7. The van der Waals surface area contributed by atoms with E-state index in [2.05, 4.69) is 40.1 Å². The van der Waals surface area contributed by atoms with Crippen LogP contribution < -0.4 is 10.1 Å². The third kappa shape index (κ3) is 4.47. The standard InChI is InChI=1S/C15H16BrClN2O/c1-10(2)18-8-11-3-6-15(19-9-11)20-14-7-12(16)4-5-13(14)17/h3-7,9-10,18H,8H2,1-2H3. The molecule has 106 valence electrons. The minimum Gasteiger partial charge on any atom is -0.437 e. The molecule has 0 saturated heterocycles. The number of halogens is 2. The Labute approximate surface area is 132 Å². The fourth-order valence-corrected chi connectivity index (χ4v) is 2.06. The normalized spacial score (nSPS) is 10.8. The summed E-state index contributed by atoms with van der Waals surface area (Å²) in [6.07, 6.45) is 1.80. The van der Waals surface area contributed by atoms with Crippen molar-refractivity contribution in [2.45, 2.75) is 26.4 Å².